The van der Waals surface area contributed by atoms with Crippen LogP contribution in [0.15, 0.2) is 60.7 Å². The summed E-state index contributed by atoms with van der Waals surface area (Å²) in [5, 5.41) is 5.71. The van der Waals surface area contributed by atoms with Crippen molar-refractivity contribution in [1.29, 1.82) is 0 Å². The van der Waals surface area contributed by atoms with Crippen LogP contribution in [0.3, 0.4) is 0 Å². The molecule has 0 unspecified atom stereocenters. The fourth-order valence-corrected chi connectivity index (χ4v) is 3.50. The largest absolute Gasteiger partial charge is 0.497 e. The Labute approximate surface area is 142 Å². The molecule has 118 valence electrons. The smallest absolute Gasteiger partial charge is 0.257 e. The number of carbonyl (C=O) groups is 1. The lowest BCUT2D eigenvalue weighted by molar-refractivity contribution is 0.102. The Hall–Kier alpha value is -2.92. The third-order valence-corrected chi connectivity index (χ3v) is 4.79. The van der Waals surface area contributed by atoms with Crippen molar-refractivity contribution in [2.24, 2.45) is 0 Å². The van der Waals surface area contributed by atoms with Crippen molar-refractivity contribution in [3.05, 3.63) is 66.2 Å². The van der Waals surface area contributed by atoms with E-state index < -0.39 is 0 Å². The molecule has 0 fully saturated rings. The molecule has 1 aromatic heterocycles. The van der Waals surface area contributed by atoms with E-state index >= 15 is 0 Å². The molecule has 4 aromatic rings. The summed E-state index contributed by atoms with van der Waals surface area (Å²) < 4.78 is 6.16. The lowest BCUT2D eigenvalue weighted by atomic mass is 10.1. The molecule has 1 N–H and O–H groups in total. The number of carbonyl (C=O) groups excluding carboxylic acids is 1. The topological polar surface area (TPSA) is 51.2 Å². The monoisotopic (exact) mass is 334 g/mol. The van der Waals surface area contributed by atoms with Crippen LogP contribution >= 0.6 is 11.3 Å². The molecule has 4 rings (SSSR count). The molecule has 0 atom stereocenters. The zero-order valence-corrected chi connectivity index (χ0v) is 13.8. The average molecular weight is 334 g/mol. The molecule has 0 saturated carbocycles. The molecular formula is C19H14N2O2S. The molecule has 0 radical (unpaired) electrons. The zero-order valence-electron chi connectivity index (χ0n) is 12.9. The molecule has 0 aliphatic heterocycles. The molecule has 4 nitrogen and oxygen atoms in total. The quantitative estimate of drug-likeness (QED) is 0.590. The van der Waals surface area contributed by atoms with Crippen molar-refractivity contribution in [3.63, 3.8) is 0 Å². The molecule has 0 aliphatic rings. The van der Waals surface area contributed by atoms with E-state index in [1.165, 1.54) is 11.3 Å². The average Bonchev–Trinajstić information content (AvgIpc) is 3.04. The zero-order chi connectivity index (χ0) is 16.5. The first-order chi connectivity index (χ1) is 11.7. The lowest BCUT2D eigenvalue weighted by Crippen LogP contribution is -2.11. The number of anilines is 1. The summed E-state index contributed by atoms with van der Waals surface area (Å²) in [6, 6.07) is 19.2. The Morgan fingerprint density at radius 1 is 1.04 bits per heavy atom. The lowest BCUT2D eigenvalue weighted by Gasteiger charge is -2.03. The van der Waals surface area contributed by atoms with Gasteiger partial charge in [0.2, 0.25) is 0 Å². The maximum absolute atomic E-state index is 12.4. The van der Waals surface area contributed by atoms with Gasteiger partial charge < -0.3 is 4.74 Å². The minimum Gasteiger partial charge on any atom is -0.497 e. The SMILES string of the molecule is COc1ccc(C(=O)Nc2nc3c(ccc4ccccc43)s2)cc1. The van der Waals surface area contributed by atoms with Crippen molar-refractivity contribution in [3.8, 4) is 5.75 Å². The highest BCUT2D eigenvalue weighted by molar-refractivity contribution is 7.22. The molecule has 3 aromatic carbocycles. The van der Waals surface area contributed by atoms with Crippen LogP contribution in [0.25, 0.3) is 21.0 Å². The van der Waals surface area contributed by atoms with E-state index in [0.717, 1.165) is 26.7 Å². The third-order valence-electron chi connectivity index (χ3n) is 3.86. The summed E-state index contributed by atoms with van der Waals surface area (Å²) in [7, 11) is 1.60. The first-order valence-electron chi connectivity index (χ1n) is 7.48. The first kappa shape index (κ1) is 14.7. The standard InChI is InChI=1S/C19H14N2O2S/c1-23-14-9-6-13(7-10-14)18(22)21-19-20-17-15-5-3-2-4-12(15)8-11-16(17)24-19/h2-11H,1H3,(H,20,21,22). The van der Waals surface area contributed by atoms with Crippen molar-refractivity contribution < 1.29 is 9.53 Å². The van der Waals surface area contributed by atoms with Crippen LogP contribution in [0.4, 0.5) is 5.13 Å². The van der Waals surface area contributed by atoms with E-state index in [1.54, 1.807) is 31.4 Å². The highest BCUT2D eigenvalue weighted by Crippen LogP contribution is 2.31. The van der Waals surface area contributed by atoms with Crippen molar-refractivity contribution >= 4 is 43.4 Å². The van der Waals surface area contributed by atoms with Gasteiger partial charge in [-0.3, -0.25) is 10.1 Å². The van der Waals surface area contributed by atoms with Crippen LogP contribution in [-0.2, 0) is 0 Å². The molecule has 0 spiro atoms. The number of fused-ring (bicyclic) bond motifs is 3. The molecule has 5 heteroatoms. The van der Waals surface area contributed by atoms with Gasteiger partial charge in [0.1, 0.15) is 5.75 Å². The number of aromatic nitrogens is 1. The summed E-state index contributed by atoms with van der Waals surface area (Å²) in [6.07, 6.45) is 0. The Balaban J connectivity index is 1.66. The van der Waals surface area contributed by atoms with Crippen LogP contribution < -0.4 is 10.1 Å². The highest BCUT2D eigenvalue weighted by Gasteiger charge is 2.11. The van der Waals surface area contributed by atoms with Gasteiger partial charge in [0, 0.05) is 10.9 Å². The van der Waals surface area contributed by atoms with Crippen LogP contribution in [-0.4, -0.2) is 18.0 Å². The van der Waals surface area contributed by atoms with Gasteiger partial charge in [0.05, 0.1) is 17.3 Å². The van der Waals surface area contributed by atoms with E-state index in [0.29, 0.717) is 10.7 Å². The second kappa shape index (κ2) is 5.94. The number of nitrogens with one attached hydrogen (secondary N) is 1. The second-order valence-corrected chi connectivity index (χ2v) is 6.37. The first-order valence-corrected chi connectivity index (χ1v) is 8.30. The second-order valence-electron chi connectivity index (χ2n) is 5.34. The molecule has 0 saturated heterocycles. The molecule has 0 bridgehead atoms. The fraction of sp³-hybridized carbons (Fsp3) is 0.0526. The number of hydrogen-bond acceptors (Lipinski definition) is 4. The van der Waals surface area contributed by atoms with Gasteiger partial charge in [0.15, 0.2) is 5.13 Å². The minimum absolute atomic E-state index is 0.180. The van der Waals surface area contributed by atoms with E-state index in [9.17, 15) is 4.79 Å². The molecule has 0 aliphatic carbocycles. The molecular weight excluding hydrogens is 320 g/mol. The van der Waals surface area contributed by atoms with E-state index in [1.807, 2.05) is 24.3 Å². The maximum atomic E-state index is 12.4. The highest BCUT2D eigenvalue weighted by atomic mass is 32.1. The predicted octanol–water partition coefficient (Wildman–Crippen LogP) is 4.71. The summed E-state index contributed by atoms with van der Waals surface area (Å²) >= 11 is 1.48. The van der Waals surface area contributed by atoms with E-state index in [2.05, 4.69) is 22.4 Å². The summed E-state index contributed by atoms with van der Waals surface area (Å²) in [4.78, 5) is 17.0. The molecule has 1 amide bonds. The van der Waals surface area contributed by atoms with E-state index in [-0.39, 0.29) is 5.91 Å². The van der Waals surface area contributed by atoms with Gasteiger partial charge in [-0.05, 0) is 35.7 Å². The number of rotatable bonds is 3. The minimum atomic E-state index is -0.180. The predicted molar refractivity (Wildman–Crippen MR) is 98.1 cm³/mol. The van der Waals surface area contributed by atoms with Gasteiger partial charge >= 0.3 is 0 Å². The van der Waals surface area contributed by atoms with Gasteiger partial charge in [-0.15, -0.1) is 0 Å². The maximum Gasteiger partial charge on any atom is 0.257 e. The Kier molecular flexibility index (Phi) is 3.63. The molecule has 1 heterocycles. The number of benzene rings is 3. The number of thiazole rings is 1. The number of amides is 1. The number of ether oxygens (including phenoxy) is 1. The van der Waals surface area contributed by atoms with Crippen LogP contribution in [0.5, 0.6) is 5.75 Å². The summed E-state index contributed by atoms with van der Waals surface area (Å²) in [5.74, 6) is 0.541. The number of nitrogens with zero attached hydrogens (tertiary/aromatic N) is 1. The number of hydrogen-bond donors (Lipinski definition) is 1. The van der Waals surface area contributed by atoms with Crippen molar-refractivity contribution in [2.45, 2.75) is 0 Å². The Morgan fingerprint density at radius 3 is 2.62 bits per heavy atom. The Bertz CT molecular complexity index is 1040. The van der Waals surface area contributed by atoms with Gasteiger partial charge in [-0.25, -0.2) is 4.98 Å². The van der Waals surface area contributed by atoms with Crippen molar-refractivity contribution in [1.82, 2.24) is 4.98 Å². The summed E-state index contributed by atoms with van der Waals surface area (Å²) in [5.41, 5.74) is 1.49. The van der Waals surface area contributed by atoms with Crippen molar-refractivity contribution in [2.75, 3.05) is 12.4 Å². The van der Waals surface area contributed by atoms with Crippen LogP contribution in [0, 0.1) is 0 Å². The van der Waals surface area contributed by atoms with Gasteiger partial charge in [-0.2, -0.15) is 0 Å². The number of methoxy groups -OCH3 is 1. The normalized spacial score (nSPS) is 10.9. The van der Waals surface area contributed by atoms with E-state index in [4.69, 9.17) is 4.74 Å². The third kappa shape index (κ3) is 2.59. The fourth-order valence-electron chi connectivity index (χ4n) is 2.63. The van der Waals surface area contributed by atoms with Gasteiger partial charge in [0.25, 0.3) is 5.91 Å². The molecule has 24 heavy (non-hydrogen) atoms. The van der Waals surface area contributed by atoms with Crippen LogP contribution in [0.2, 0.25) is 0 Å². The van der Waals surface area contributed by atoms with Crippen LogP contribution in [0.1, 0.15) is 10.4 Å². The summed E-state index contributed by atoms with van der Waals surface area (Å²) in [6.45, 7) is 0. The Morgan fingerprint density at radius 2 is 1.83 bits per heavy atom. The van der Waals surface area contributed by atoms with Gasteiger partial charge in [-0.1, -0.05) is 41.7 Å².